The second-order valence-electron chi connectivity index (χ2n) is 5.63. The summed E-state index contributed by atoms with van der Waals surface area (Å²) in [5.74, 6) is -0.0196. The third-order valence-corrected chi connectivity index (χ3v) is 4.82. The predicted octanol–water partition coefficient (Wildman–Crippen LogP) is -0.0316. The Kier molecular flexibility index (Phi) is 5.05. The molecule has 3 rings (SSSR count). The zero-order valence-electron chi connectivity index (χ0n) is 12.7. The van der Waals surface area contributed by atoms with Crippen molar-refractivity contribution >= 4 is 23.2 Å². The normalized spacial score (nSPS) is 19.0. The summed E-state index contributed by atoms with van der Waals surface area (Å²) < 4.78 is 0. The fraction of sp³-hybridized carbons (Fsp3) is 0.294. The molecule has 2 amide bonds. The van der Waals surface area contributed by atoms with Crippen molar-refractivity contribution < 1.29 is 14.5 Å². The smallest absolute Gasteiger partial charge is 0.275 e. The molecule has 0 bridgehead atoms. The van der Waals surface area contributed by atoms with E-state index in [1.54, 1.807) is 11.3 Å². The Morgan fingerprint density at radius 1 is 1.26 bits per heavy atom. The topological polar surface area (TPSA) is 62.6 Å². The molecule has 5 nitrogen and oxygen atoms in total. The van der Waals surface area contributed by atoms with Crippen LogP contribution in [0.4, 0.5) is 0 Å². The third kappa shape index (κ3) is 4.18. The van der Waals surface area contributed by atoms with Crippen molar-refractivity contribution in [1.82, 2.24) is 10.6 Å². The van der Waals surface area contributed by atoms with Gasteiger partial charge in [-0.2, -0.15) is 0 Å². The molecule has 1 aromatic heterocycles. The van der Waals surface area contributed by atoms with Gasteiger partial charge in [-0.1, -0.05) is 36.4 Å². The van der Waals surface area contributed by atoms with E-state index in [0.29, 0.717) is 19.6 Å². The van der Waals surface area contributed by atoms with Gasteiger partial charge in [0, 0.05) is 4.88 Å². The van der Waals surface area contributed by atoms with E-state index in [4.69, 9.17) is 0 Å². The van der Waals surface area contributed by atoms with Crippen LogP contribution in [0.2, 0.25) is 0 Å². The maximum atomic E-state index is 12.4. The van der Waals surface area contributed by atoms with Crippen LogP contribution in [-0.4, -0.2) is 38.0 Å². The minimum absolute atomic E-state index is 0.0110. The molecule has 3 N–H and O–H groups in total. The van der Waals surface area contributed by atoms with Crippen LogP contribution in [0.1, 0.15) is 16.5 Å². The molecule has 2 atom stereocenters. The van der Waals surface area contributed by atoms with Gasteiger partial charge in [-0.3, -0.25) is 9.59 Å². The van der Waals surface area contributed by atoms with Crippen molar-refractivity contribution in [3.05, 3.63) is 58.3 Å². The number of piperazine rings is 1. The van der Waals surface area contributed by atoms with Crippen LogP contribution >= 0.6 is 11.3 Å². The first-order valence-electron chi connectivity index (χ1n) is 7.70. The molecule has 1 saturated heterocycles. The molecule has 0 spiro atoms. The lowest BCUT2D eigenvalue weighted by Gasteiger charge is -2.24. The highest BCUT2D eigenvalue weighted by atomic mass is 32.1. The first kappa shape index (κ1) is 15.7. The molecule has 1 aliphatic heterocycles. The van der Waals surface area contributed by atoms with Crippen molar-refractivity contribution in [3.8, 4) is 0 Å². The van der Waals surface area contributed by atoms with E-state index in [2.05, 4.69) is 10.6 Å². The number of rotatable bonds is 5. The Labute approximate surface area is 139 Å². The summed E-state index contributed by atoms with van der Waals surface area (Å²) in [6, 6.07) is 13.8. The lowest BCUT2D eigenvalue weighted by molar-refractivity contribution is -0.885. The van der Waals surface area contributed by atoms with Crippen LogP contribution < -0.4 is 15.5 Å². The van der Waals surface area contributed by atoms with Gasteiger partial charge in [-0.25, -0.2) is 0 Å². The Morgan fingerprint density at radius 2 is 2.09 bits per heavy atom. The number of benzene rings is 1. The van der Waals surface area contributed by atoms with Gasteiger partial charge in [0.15, 0.2) is 13.1 Å². The van der Waals surface area contributed by atoms with E-state index in [-0.39, 0.29) is 17.9 Å². The molecule has 1 aliphatic rings. The van der Waals surface area contributed by atoms with E-state index in [0.717, 1.165) is 21.9 Å². The van der Waals surface area contributed by atoms with Crippen LogP contribution in [0, 0.1) is 0 Å². The lowest BCUT2D eigenvalue weighted by atomic mass is 10.1. The van der Waals surface area contributed by atoms with Gasteiger partial charge in [-0.15, -0.1) is 11.3 Å². The van der Waals surface area contributed by atoms with Crippen LogP contribution in [0.15, 0.2) is 47.8 Å². The zero-order chi connectivity index (χ0) is 16.1. The molecule has 2 aromatic rings. The van der Waals surface area contributed by atoms with Gasteiger partial charge in [0.05, 0.1) is 19.1 Å². The number of nitrogens with one attached hydrogen (secondary N) is 3. The van der Waals surface area contributed by atoms with Gasteiger partial charge in [-0.05, 0) is 17.0 Å². The summed E-state index contributed by atoms with van der Waals surface area (Å²) in [6.45, 7) is 2.10. The van der Waals surface area contributed by atoms with Crippen LogP contribution in [0.3, 0.4) is 0 Å². The second kappa shape index (κ2) is 7.39. The molecule has 0 aliphatic carbocycles. The molecule has 0 radical (unpaired) electrons. The number of amides is 2. The molecular formula is C17H20N3O2S+. The van der Waals surface area contributed by atoms with Gasteiger partial charge >= 0.3 is 0 Å². The molecule has 6 heteroatoms. The average Bonchev–Trinajstić information content (AvgIpc) is 3.07. The Hall–Kier alpha value is -2.18. The van der Waals surface area contributed by atoms with Crippen molar-refractivity contribution in [2.75, 3.05) is 26.2 Å². The summed E-state index contributed by atoms with van der Waals surface area (Å²) in [5.41, 5.74) is 1.06. The van der Waals surface area contributed by atoms with E-state index in [1.807, 2.05) is 47.8 Å². The fourth-order valence-corrected chi connectivity index (χ4v) is 3.57. The highest BCUT2D eigenvalue weighted by molar-refractivity contribution is 7.10. The van der Waals surface area contributed by atoms with Crippen molar-refractivity contribution in [1.29, 1.82) is 0 Å². The first-order valence-corrected chi connectivity index (χ1v) is 8.58. The number of hydrogen-bond acceptors (Lipinski definition) is 3. The fourth-order valence-electron chi connectivity index (χ4n) is 2.77. The van der Waals surface area contributed by atoms with E-state index >= 15 is 0 Å². The Morgan fingerprint density at radius 3 is 2.78 bits per heavy atom. The molecular weight excluding hydrogens is 310 g/mol. The molecule has 1 unspecified atom stereocenters. The van der Waals surface area contributed by atoms with Crippen LogP contribution in [-0.2, 0) is 9.59 Å². The largest absolute Gasteiger partial charge is 0.346 e. The highest BCUT2D eigenvalue weighted by Crippen LogP contribution is 2.25. The highest BCUT2D eigenvalue weighted by Gasteiger charge is 2.24. The van der Waals surface area contributed by atoms with Crippen LogP contribution in [0.25, 0.3) is 0 Å². The Balaban J connectivity index is 1.69. The monoisotopic (exact) mass is 330 g/mol. The molecule has 1 fully saturated rings. The standard InChI is InChI=1S/C17H19N3O2S/c21-15-11-20(9-8-18-15)12-16(22)19-17(14-7-4-10-23-14)13-5-2-1-3-6-13/h1-7,10,17H,8-9,11-12H2,(H,18,21)(H,19,22)/p+1/t17-/m0/s1. The molecule has 120 valence electrons. The van der Waals surface area contributed by atoms with E-state index < -0.39 is 0 Å². The van der Waals surface area contributed by atoms with Crippen molar-refractivity contribution in [2.45, 2.75) is 6.04 Å². The number of hydrogen-bond donors (Lipinski definition) is 3. The minimum Gasteiger partial charge on any atom is -0.346 e. The number of carbonyl (C=O) groups is 2. The van der Waals surface area contributed by atoms with E-state index in [1.165, 1.54) is 0 Å². The summed E-state index contributed by atoms with van der Waals surface area (Å²) in [6.07, 6.45) is 0. The minimum atomic E-state index is -0.137. The maximum Gasteiger partial charge on any atom is 0.275 e. The summed E-state index contributed by atoms with van der Waals surface area (Å²) in [7, 11) is 0. The molecule has 1 aromatic carbocycles. The SMILES string of the molecule is O=C1C[NH+](CC(=O)N[C@@H](c2ccccc2)c2cccs2)CCN1. The quantitative estimate of drug-likeness (QED) is 0.721. The Bertz CT molecular complexity index is 658. The van der Waals surface area contributed by atoms with Gasteiger partial charge in [0.1, 0.15) is 0 Å². The molecule has 23 heavy (non-hydrogen) atoms. The van der Waals surface area contributed by atoms with Crippen LogP contribution in [0.5, 0.6) is 0 Å². The maximum absolute atomic E-state index is 12.4. The van der Waals surface area contributed by atoms with Crippen molar-refractivity contribution in [3.63, 3.8) is 0 Å². The number of quaternary nitrogens is 1. The molecule has 0 saturated carbocycles. The number of carbonyl (C=O) groups excluding carboxylic acids is 2. The zero-order valence-corrected chi connectivity index (χ0v) is 13.6. The number of thiophene rings is 1. The van der Waals surface area contributed by atoms with Crippen molar-refractivity contribution in [2.24, 2.45) is 0 Å². The molecule has 2 heterocycles. The summed E-state index contributed by atoms with van der Waals surface area (Å²) >= 11 is 1.63. The summed E-state index contributed by atoms with van der Waals surface area (Å²) in [5, 5.41) is 7.91. The van der Waals surface area contributed by atoms with E-state index in [9.17, 15) is 9.59 Å². The third-order valence-electron chi connectivity index (χ3n) is 3.89. The lowest BCUT2D eigenvalue weighted by Crippen LogP contribution is -3.16. The predicted molar refractivity (Wildman–Crippen MR) is 89.3 cm³/mol. The van der Waals surface area contributed by atoms with Gasteiger partial charge in [0.25, 0.3) is 11.8 Å². The summed E-state index contributed by atoms with van der Waals surface area (Å²) in [4.78, 5) is 26.0. The second-order valence-corrected chi connectivity index (χ2v) is 6.61. The van der Waals surface area contributed by atoms with Gasteiger partial charge in [0.2, 0.25) is 0 Å². The first-order chi connectivity index (χ1) is 11.2. The average molecular weight is 330 g/mol. The van der Waals surface area contributed by atoms with Gasteiger partial charge < -0.3 is 15.5 Å².